The maximum Gasteiger partial charge on any atom is 0.150 e. The fourth-order valence-corrected chi connectivity index (χ4v) is 3.82. The molecule has 0 aliphatic carbocycles. The topological polar surface area (TPSA) is 118 Å². The summed E-state index contributed by atoms with van der Waals surface area (Å²) in [6, 6.07) is -0.610. The number of allylic oxidation sites excluding steroid dienone is 1. The molecule has 0 aromatic carbocycles. The van der Waals surface area contributed by atoms with Crippen molar-refractivity contribution in [2.24, 2.45) is 11.1 Å². The molecule has 0 saturated carbocycles. The molecular formula is C24H43NO5. The van der Waals surface area contributed by atoms with Crippen LogP contribution in [0, 0.1) is 5.41 Å². The summed E-state index contributed by atoms with van der Waals surface area (Å²) < 4.78 is 0. The average Bonchev–Trinajstić information content (AvgIpc) is 2.69. The third-order valence-corrected chi connectivity index (χ3v) is 5.96. The lowest BCUT2D eigenvalue weighted by Gasteiger charge is -2.25. The molecule has 0 heterocycles. The molecule has 0 aliphatic rings. The van der Waals surface area contributed by atoms with Gasteiger partial charge >= 0.3 is 0 Å². The van der Waals surface area contributed by atoms with Gasteiger partial charge in [-0.3, -0.25) is 14.4 Å². The molecule has 0 fully saturated rings. The zero-order chi connectivity index (χ0) is 23.0. The lowest BCUT2D eigenvalue weighted by atomic mass is 9.73. The van der Waals surface area contributed by atoms with Crippen LogP contribution in [0.3, 0.4) is 0 Å². The van der Waals surface area contributed by atoms with Crippen molar-refractivity contribution >= 4 is 17.3 Å². The highest BCUT2D eigenvalue weighted by molar-refractivity contribution is 6.22. The first-order valence-corrected chi connectivity index (χ1v) is 11.4. The first kappa shape index (κ1) is 28.6. The van der Waals surface area contributed by atoms with E-state index in [0.29, 0.717) is 6.42 Å². The smallest absolute Gasteiger partial charge is 0.150 e. The van der Waals surface area contributed by atoms with E-state index in [0.717, 1.165) is 44.9 Å². The van der Waals surface area contributed by atoms with Crippen LogP contribution >= 0.6 is 0 Å². The third-order valence-electron chi connectivity index (χ3n) is 5.96. The van der Waals surface area contributed by atoms with Gasteiger partial charge in [-0.15, -0.1) is 0 Å². The fraction of sp³-hybridized carbons (Fsp3) is 0.792. The first-order chi connectivity index (χ1) is 14.2. The van der Waals surface area contributed by atoms with E-state index in [9.17, 15) is 19.5 Å². The van der Waals surface area contributed by atoms with Gasteiger partial charge in [-0.05, 0) is 40.0 Å². The second kappa shape index (κ2) is 16.3. The van der Waals surface area contributed by atoms with E-state index in [-0.39, 0.29) is 24.0 Å². The minimum absolute atomic E-state index is 0.221. The Balaban J connectivity index is 3.71. The number of rotatable bonds is 19. The first-order valence-electron chi connectivity index (χ1n) is 11.4. The summed E-state index contributed by atoms with van der Waals surface area (Å²) in [5.41, 5.74) is 4.11. The van der Waals surface area contributed by atoms with Crippen LogP contribution in [-0.4, -0.2) is 46.3 Å². The van der Waals surface area contributed by atoms with Crippen LogP contribution in [0.25, 0.3) is 0 Å². The summed E-state index contributed by atoms with van der Waals surface area (Å²) in [6.07, 6.45) is 15.0. The van der Waals surface area contributed by atoms with E-state index in [1.807, 2.05) is 6.08 Å². The van der Waals surface area contributed by atoms with Gasteiger partial charge < -0.3 is 15.9 Å². The summed E-state index contributed by atoms with van der Waals surface area (Å²) in [5.74, 6) is -0.992. The number of nitrogens with two attached hydrogens (primary N) is 1. The van der Waals surface area contributed by atoms with Crippen molar-refractivity contribution in [3.8, 4) is 0 Å². The van der Waals surface area contributed by atoms with Crippen LogP contribution in [0.4, 0.5) is 0 Å². The van der Waals surface area contributed by atoms with Gasteiger partial charge in [0, 0.05) is 0 Å². The van der Waals surface area contributed by atoms with Crippen LogP contribution < -0.4 is 5.73 Å². The van der Waals surface area contributed by atoms with Crippen molar-refractivity contribution in [1.29, 1.82) is 0 Å². The molecule has 0 amide bonds. The lowest BCUT2D eigenvalue weighted by Crippen LogP contribution is -2.43. The minimum Gasteiger partial charge on any atom is -0.395 e. The predicted octanol–water partition coefficient (Wildman–Crippen LogP) is 3.66. The normalized spacial score (nSPS) is 14.1. The summed E-state index contributed by atoms with van der Waals surface area (Å²) in [5, 5.41) is 18.4. The number of carbonyl (C=O) groups excluding carboxylic acids is 3. The number of ketones is 3. The van der Waals surface area contributed by atoms with Crippen molar-refractivity contribution in [2.45, 2.75) is 110 Å². The second-order valence-corrected chi connectivity index (χ2v) is 8.41. The third kappa shape index (κ3) is 10.6. The highest BCUT2D eigenvalue weighted by Crippen LogP contribution is 2.29. The summed E-state index contributed by atoms with van der Waals surface area (Å²) in [4.78, 5) is 35.7. The molecule has 6 nitrogen and oxygen atoms in total. The van der Waals surface area contributed by atoms with Crippen LogP contribution in [0.1, 0.15) is 97.8 Å². The molecule has 0 aliphatic heterocycles. The van der Waals surface area contributed by atoms with E-state index in [2.05, 4.69) is 0 Å². The van der Waals surface area contributed by atoms with Crippen LogP contribution in [-0.2, 0) is 14.4 Å². The van der Waals surface area contributed by atoms with Crippen molar-refractivity contribution in [3.05, 3.63) is 12.2 Å². The molecule has 0 aromatic rings. The molecule has 30 heavy (non-hydrogen) atoms. The van der Waals surface area contributed by atoms with Crippen molar-refractivity contribution in [3.63, 3.8) is 0 Å². The molecule has 6 heteroatoms. The largest absolute Gasteiger partial charge is 0.395 e. The number of hydrogen-bond donors (Lipinski definition) is 3. The van der Waals surface area contributed by atoms with Crippen molar-refractivity contribution in [2.75, 3.05) is 6.61 Å². The quantitative estimate of drug-likeness (QED) is 0.165. The number of unbranched alkanes of at least 4 members (excludes halogenated alkanes) is 10. The molecule has 174 valence electrons. The van der Waals surface area contributed by atoms with Gasteiger partial charge in [-0.25, -0.2) is 0 Å². The van der Waals surface area contributed by atoms with E-state index in [4.69, 9.17) is 10.8 Å². The highest BCUT2D eigenvalue weighted by Gasteiger charge is 2.44. The van der Waals surface area contributed by atoms with Crippen LogP contribution in [0.5, 0.6) is 0 Å². The monoisotopic (exact) mass is 425 g/mol. The molecule has 0 saturated heterocycles. The second-order valence-electron chi connectivity index (χ2n) is 8.41. The van der Waals surface area contributed by atoms with Gasteiger partial charge in [0.1, 0.15) is 5.41 Å². The van der Waals surface area contributed by atoms with Gasteiger partial charge in [-0.2, -0.15) is 0 Å². The highest BCUT2D eigenvalue weighted by atomic mass is 16.3. The Bertz CT molecular complexity index is 508. The van der Waals surface area contributed by atoms with Crippen LogP contribution in [0.2, 0.25) is 0 Å². The summed E-state index contributed by atoms with van der Waals surface area (Å²) in [6.45, 7) is 3.81. The molecule has 0 radical (unpaired) electrons. The molecule has 0 spiro atoms. The Morgan fingerprint density at radius 2 is 1.20 bits per heavy atom. The Kier molecular flexibility index (Phi) is 15.6. The zero-order valence-electron chi connectivity index (χ0n) is 19.2. The maximum atomic E-state index is 11.9. The van der Waals surface area contributed by atoms with E-state index < -0.39 is 17.6 Å². The Hall–Kier alpha value is -1.37. The number of hydrogen-bond acceptors (Lipinski definition) is 6. The van der Waals surface area contributed by atoms with Crippen LogP contribution in [0.15, 0.2) is 12.2 Å². The molecular weight excluding hydrogens is 382 g/mol. The number of carbonyl (C=O) groups is 3. The number of aliphatic hydroxyl groups excluding tert-OH is 2. The SMILES string of the molecule is CC(=O)C(CCCCCCCCCCCC/C=C/[C@@H](O)[C@@H](N)CO)(C(C)=O)C(C)=O. The zero-order valence-corrected chi connectivity index (χ0v) is 19.2. The Morgan fingerprint density at radius 1 is 0.800 bits per heavy atom. The Morgan fingerprint density at radius 3 is 1.60 bits per heavy atom. The number of Topliss-reactive ketones (excluding diaryl/α,β-unsaturated/α-hetero) is 3. The van der Waals surface area contributed by atoms with Gasteiger partial charge in [0.05, 0.1) is 18.8 Å². The summed E-state index contributed by atoms with van der Waals surface area (Å²) >= 11 is 0. The standard InChI is InChI=1S/C24H43NO5/c1-19(27)24(20(2)28,21(3)29)17-15-13-11-9-7-5-4-6-8-10-12-14-16-23(30)22(25)18-26/h14,16,22-23,26,30H,4-13,15,17-18,25H2,1-3H3/b16-14+/t22-,23+/m0/s1. The Labute approximate surface area is 182 Å². The fourth-order valence-electron chi connectivity index (χ4n) is 3.82. The summed E-state index contributed by atoms with van der Waals surface area (Å²) in [7, 11) is 0. The molecule has 0 aromatic heterocycles. The lowest BCUT2D eigenvalue weighted by molar-refractivity contribution is -0.147. The van der Waals surface area contributed by atoms with E-state index >= 15 is 0 Å². The molecule has 0 unspecified atom stereocenters. The van der Waals surface area contributed by atoms with Gasteiger partial charge in [0.2, 0.25) is 0 Å². The molecule has 4 N–H and O–H groups in total. The minimum atomic E-state index is -1.42. The average molecular weight is 426 g/mol. The molecule has 0 bridgehead atoms. The number of aliphatic hydroxyl groups is 2. The predicted molar refractivity (Wildman–Crippen MR) is 120 cm³/mol. The molecule has 2 atom stereocenters. The van der Waals surface area contributed by atoms with Crippen molar-refractivity contribution < 1.29 is 24.6 Å². The molecule has 0 rings (SSSR count). The van der Waals surface area contributed by atoms with Gasteiger partial charge in [-0.1, -0.05) is 69.9 Å². The van der Waals surface area contributed by atoms with E-state index in [1.54, 1.807) is 6.08 Å². The maximum absolute atomic E-state index is 11.9. The van der Waals surface area contributed by atoms with Gasteiger partial charge in [0.25, 0.3) is 0 Å². The van der Waals surface area contributed by atoms with Crippen molar-refractivity contribution in [1.82, 2.24) is 0 Å². The van der Waals surface area contributed by atoms with E-state index in [1.165, 1.54) is 46.5 Å². The van der Waals surface area contributed by atoms with Gasteiger partial charge in [0.15, 0.2) is 17.3 Å².